The summed E-state index contributed by atoms with van der Waals surface area (Å²) in [4.78, 5) is 2.01. The number of hydrogen-bond acceptors (Lipinski definition) is 3. The van der Waals surface area contributed by atoms with E-state index in [4.69, 9.17) is 11.6 Å². The van der Waals surface area contributed by atoms with Crippen molar-refractivity contribution in [2.24, 2.45) is 0 Å². The van der Waals surface area contributed by atoms with Crippen molar-refractivity contribution < 1.29 is 5.11 Å². The standard InChI is InChI=1S/C13H21ClN2O/c1-9(13(2,3)17)15-11-8-10(14)6-7-12(11)16(4)5/h6-9,15,17H,1-5H3. The average molecular weight is 257 g/mol. The first-order valence-corrected chi connectivity index (χ1v) is 6.05. The minimum Gasteiger partial charge on any atom is -0.388 e. The maximum atomic E-state index is 9.94. The zero-order valence-corrected chi connectivity index (χ0v) is 11.8. The summed E-state index contributed by atoms with van der Waals surface area (Å²) in [5, 5.41) is 13.9. The Bertz CT molecular complexity index is 385. The predicted molar refractivity (Wildman–Crippen MR) is 75.2 cm³/mol. The van der Waals surface area contributed by atoms with Gasteiger partial charge in [-0.3, -0.25) is 0 Å². The van der Waals surface area contributed by atoms with Gasteiger partial charge in [0.2, 0.25) is 0 Å². The molecule has 4 heteroatoms. The molecule has 17 heavy (non-hydrogen) atoms. The molecule has 0 heterocycles. The molecule has 0 spiro atoms. The molecular formula is C13H21ClN2O. The van der Waals surface area contributed by atoms with Gasteiger partial charge in [0.1, 0.15) is 0 Å². The van der Waals surface area contributed by atoms with Crippen LogP contribution in [0.4, 0.5) is 11.4 Å². The molecule has 3 nitrogen and oxygen atoms in total. The van der Waals surface area contributed by atoms with Gasteiger partial charge in [-0.15, -0.1) is 0 Å². The molecule has 0 fully saturated rings. The Morgan fingerprint density at radius 1 is 1.35 bits per heavy atom. The topological polar surface area (TPSA) is 35.5 Å². The summed E-state index contributed by atoms with van der Waals surface area (Å²) >= 11 is 6.00. The van der Waals surface area contributed by atoms with Gasteiger partial charge >= 0.3 is 0 Å². The van der Waals surface area contributed by atoms with Crippen LogP contribution in [0.2, 0.25) is 5.02 Å². The van der Waals surface area contributed by atoms with E-state index in [1.807, 2.05) is 44.1 Å². The van der Waals surface area contributed by atoms with Crippen LogP contribution in [0.5, 0.6) is 0 Å². The molecule has 1 aromatic rings. The van der Waals surface area contributed by atoms with Gasteiger partial charge in [0, 0.05) is 19.1 Å². The lowest BCUT2D eigenvalue weighted by atomic mass is 10.0. The second-order valence-corrected chi connectivity index (χ2v) is 5.51. The van der Waals surface area contributed by atoms with Gasteiger partial charge in [-0.05, 0) is 39.0 Å². The van der Waals surface area contributed by atoms with E-state index in [0.717, 1.165) is 11.4 Å². The fourth-order valence-corrected chi connectivity index (χ4v) is 1.60. The van der Waals surface area contributed by atoms with Gasteiger partial charge in [-0.1, -0.05) is 11.6 Å². The fourth-order valence-electron chi connectivity index (χ4n) is 1.42. The monoisotopic (exact) mass is 256 g/mol. The van der Waals surface area contributed by atoms with Crippen molar-refractivity contribution in [2.45, 2.75) is 32.4 Å². The highest BCUT2D eigenvalue weighted by molar-refractivity contribution is 6.31. The van der Waals surface area contributed by atoms with Gasteiger partial charge < -0.3 is 15.3 Å². The summed E-state index contributed by atoms with van der Waals surface area (Å²) in [5.41, 5.74) is 1.19. The van der Waals surface area contributed by atoms with Gasteiger partial charge in [-0.25, -0.2) is 0 Å². The summed E-state index contributed by atoms with van der Waals surface area (Å²) < 4.78 is 0. The largest absolute Gasteiger partial charge is 0.388 e. The van der Waals surface area contributed by atoms with Crippen LogP contribution in [0, 0.1) is 0 Å². The van der Waals surface area contributed by atoms with Crippen LogP contribution >= 0.6 is 11.6 Å². The Morgan fingerprint density at radius 3 is 2.41 bits per heavy atom. The molecule has 0 saturated heterocycles. The maximum absolute atomic E-state index is 9.94. The summed E-state index contributed by atoms with van der Waals surface area (Å²) in [5.74, 6) is 0. The molecule has 1 aromatic carbocycles. The number of anilines is 2. The molecule has 2 N–H and O–H groups in total. The van der Waals surface area contributed by atoms with E-state index in [-0.39, 0.29) is 6.04 Å². The highest BCUT2D eigenvalue weighted by Gasteiger charge is 2.23. The lowest BCUT2D eigenvalue weighted by Gasteiger charge is -2.29. The van der Waals surface area contributed by atoms with E-state index in [2.05, 4.69) is 5.32 Å². The lowest BCUT2D eigenvalue weighted by Crippen LogP contribution is -2.39. The number of aliphatic hydroxyl groups is 1. The first-order chi connectivity index (χ1) is 7.71. The van der Waals surface area contributed by atoms with Crippen LogP contribution < -0.4 is 10.2 Å². The first kappa shape index (κ1) is 14.1. The Kier molecular flexibility index (Phi) is 4.28. The van der Waals surface area contributed by atoms with E-state index in [9.17, 15) is 5.11 Å². The summed E-state index contributed by atoms with van der Waals surface area (Å²) in [6.07, 6.45) is 0. The molecule has 96 valence electrons. The number of benzene rings is 1. The lowest BCUT2D eigenvalue weighted by molar-refractivity contribution is 0.0649. The third-order valence-electron chi connectivity index (χ3n) is 2.87. The van der Waals surface area contributed by atoms with Gasteiger partial charge in [0.15, 0.2) is 0 Å². The van der Waals surface area contributed by atoms with Crippen molar-refractivity contribution in [3.8, 4) is 0 Å². The summed E-state index contributed by atoms with van der Waals surface area (Å²) in [6.45, 7) is 5.51. The average Bonchev–Trinajstić information content (AvgIpc) is 2.15. The second kappa shape index (κ2) is 5.15. The Labute approximate surface area is 108 Å². The van der Waals surface area contributed by atoms with E-state index >= 15 is 0 Å². The van der Waals surface area contributed by atoms with Gasteiger partial charge in [0.05, 0.1) is 23.0 Å². The molecule has 0 aliphatic heterocycles. The molecule has 0 aliphatic carbocycles. The fraction of sp³-hybridized carbons (Fsp3) is 0.538. The molecule has 0 radical (unpaired) electrons. The number of rotatable bonds is 4. The van der Waals surface area contributed by atoms with Crippen LogP contribution in [-0.4, -0.2) is 30.8 Å². The number of hydrogen-bond donors (Lipinski definition) is 2. The minimum absolute atomic E-state index is 0.0698. The molecule has 0 aromatic heterocycles. The van der Waals surface area contributed by atoms with E-state index in [0.29, 0.717) is 5.02 Å². The van der Waals surface area contributed by atoms with Crippen LogP contribution in [-0.2, 0) is 0 Å². The Hall–Kier alpha value is -0.930. The minimum atomic E-state index is -0.786. The SMILES string of the molecule is CC(Nc1cc(Cl)ccc1N(C)C)C(C)(C)O. The van der Waals surface area contributed by atoms with Crippen molar-refractivity contribution in [1.29, 1.82) is 0 Å². The van der Waals surface area contributed by atoms with E-state index in [1.165, 1.54) is 0 Å². The van der Waals surface area contributed by atoms with Gasteiger partial charge in [0.25, 0.3) is 0 Å². The smallest absolute Gasteiger partial charge is 0.0789 e. The molecule has 1 atom stereocenters. The van der Waals surface area contributed by atoms with E-state index < -0.39 is 5.60 Å². The zero-order valence-electron chi connectivity index (χ0n) is 11.1. The highest BCUT2D eigenvalue weighted by Crippen LogP contribution is 2.29. The van der Waals surface area contributed by atoms with Crippen molar-refractivity contribution >= 4 is 23.0 Å². The van der Waals surface area contributed by atoms with Crippen LogP contribution in [0.3, 0.4) is 0 Å². The molecular weight excluding hydrogens is 236 g/mol. The molecule has 0 saturated carbocycles. The Balaban J connectivity index is 3.00. The quantitative estimate of drug-likeness (QED) is 0.870. The molecule has 1 unspecified atom stereocenters. The summed E-state index contributed by atoms with van der Waals surface area (Å²) in [6, 6.07) is 5.62. The van der Waals surface area contributed by atoms with E-state index in [1.54, 1.807) is 13.8 Å². The number of halogens is 1. The van der Waals surface area contributed by atoms with Crippen molar-refractivity contribution in [3.63, 3.8) is 0 Å². The normalized spacial score (nSPS) is 13.4. The Morgan fingerprint density at radius 2 is 1.94 bits per heavy atom. The van der Waals surface area contributed by atoms with Crippen molar-refractivity contribution in [1.82, 2.24) is 0 Å². The van der Waals surface area contributed by atoms with Crippen LogP contribution in [0.25, 0.3) is 0 Å². The van der Waals surface area contributed by atoms with Crippen molar-refractivity contribution in [3.05, 3.63) is 23.2 Å². The zero-order chi connectivity index (χ0) is 13.2. The molecule has 0 aliphatic rings. The third-order valence-corrected chi connectivity index (χ3v) is 3.11. The molecule has 0 bridgehead atoms. The number of nitrogens with zero attached hydrogens (tertiary/aromatic N) is 1. The summed E-state index contributed by atoms with van der Waals surface area (Å²) in [7, 11) is 3.95. The molecule has 1 rings (SSSR count). The van der Waals surface area contributed by atoms with Crippen LogP contribution in [0.1, 0.15) is 20.8 Å². The third kappa shape index (κ3) is 3.79. The number of nitrogens with one attached hydrogen (secondary N) is 1. The molecule has 0 amide bonds. The first-order valence-electron chi connectivity index (χ1n) is 5.67. The van der Waals surface area contributed by atoms with Crippen molar-refractivity contribution in [2.75, 3.05) is 24.3 Å². The van der Waals surface area contributed by atoms with Crippen LogP contribution in [0.15, 0.2) is 18.2 Å². The second-order valence-electron chi connectivity index (χ2n) is 5.08. The maximum Gasteiger partial charge on any atom is 0.0789 e. The highest BCUT2D eigenvalue weighted by atomic mass is 35.5. The van der Waals surface area contributed by atoms with Gasteiger partial charge in [-0.2, -0.15) is 0 Å². The predicted octanol–water partition coefficient (Wildman–Crippen LogP) is 2.98.